The second-order valence-electron chi connectivity index (χ2n) is 6.24. The van der Waals surface area contributed by atoms with Crippen LogP contribution in [0.3, 0.4) is 0 Å². The van der Waals surface area contributed by atoms with Gasteiger partial charge in [-0.3, -0.25) is 0 Å². The molecule has 2 aliphatic rings. The van der Waals surface area contributed by atoms with Crippen molar-refractivity contribution < 1.29 is 0 Å². The number of nitrogens with one attached hydrogen (secondary N) is 1. The van der Waals surface area contributed by atoms with Gasteiger partial charge in [-0.25, -0.2) is 4.98 Å². The Bertz CT molecular complexity index is 416. The summed E-state index contributed by atoms with van der Waals surface area (Å²) in [5, 5.41) is 3.56. The summed E-state index contributed by atoms with van der Waals surface area (Å²) in [5.74, 6) is 1.07. The molecule has 0 bridgehead atoms. The van der Waals surface area contributed by atoms with E-state index >= 15 is 0 Å². The molecular weight excluding hydrogens is 236 g/mol. The number of anilines is 1. The van der Waals surface area contributed by atoms with Crippen LogP contribution in [0.5, 0.6) is 0 Å². The van der Waals surface area contributed by atoms with E-state index in [9.17, 15) is 0 Å². The molecule has 1 saturated carbocycles. The first-order valence-electron chi connectivity index (χ1n) is 7.77. The minimum absolute atomic E-state index is 0.501. The second kappa shape index (κ2) is 5.53. The minimum Gasteiger partial charge on any atom is -0.353 e. The molecule has 0 spiro atoms. The highest BCUT2D eigenvalue weighted by atomic mass is 15.3. The number of piperidine rings is 1. The zero-order chi connectivity index (χ0) is 13.2. The van der Waals surface area contributed by atoms with Crippen molar-refractivity contribution in [1.82, 2.24) is 14.5 Å². The van der Waals surface area contributed by atoms with Crippen LogP contribution in [0, 0.1) is 6.92 Å². The fourth-order valence-electron chi connectivity index (χ4n) is 2.97. The highest BCUT2D eigenvalue weighted by Crippen LogP contribution is 2.26. The summed E-state index contributed by atoms with van der Waals surface area (Å²) in [6.07, 6.45) is 8.92. The maximum Gasteiger partial charge on any atom is 0.203 e. The third kappa shape index (κ3) is 3.30. The Hall–Kier alpha value is -1.03. The van der Waals surface area contributed by atoms with Crippen LogP contribution in [0.15, 0.2) is 6.20 Å². The van der Waals surface area contributed by atoms with Crippen LogP contribution in [0.25, 0.3) is 0 Å². The number of aryl methyl sites for hydroxylation is 1. The second-order valence-corrected chi connectivity index (χ2v) is 6.24. The molecule has 2 fully saturated rings. The van der Waals surface area contributed by atoms with Gasteiger partial charge in [0.05, 0.1) is 5.69 Å². The van der Waals surface area contributed by atoms with Gasteiger partial charge in [-0.2, -0.15) is 0 Å². The van der Waals surface area contributed by atoms with E-state index in [0.717, 1.165) is 18.2 Å². The van der Waals surface area contributed by atoms with Crippen LogP contribution in [0.4, 0.5) is 5.95 Å². The van der Waals surface area contributed by atoms with E-state index in [1.807, 2.05) is 0 Å². The van der Waals surface area contributed by atoms with Crippen molar-refractivity contribution in [2.45, 2.75) is 58.0 Å². The SMILES string of the molecule is Cc1cn(C(C)CN2CCCCC2)c(NC2CC2)n1. The minimum atomic E-state index is 0.501. The Morgan fingerprint density at radius 3 is 2.74 bits per heavy atom. The van der Waals surface area contributed by atoms with Crippen molar-refractivity contribution in [2.75, 3.05) is 25.0 Å². The summed E-state index contributed by atoms with van der Waals surface area (Å²) < 4.78 is 2.34. The molecule has 3 rings (SSSR count). The Kier molecular flexibility index (Phi) is 3.78. The predicted molar refractivity (Wildman–Crippen MR) is 78.6 cm³/mol. The van der Waals surface area contributed by atoms with Gasteiger partial charge >= 0.3 is 0 Å². The van der Waals surface area contributed by atoms with Gasteiger partial charge in [0, 0.05) is 24.8 Å². The maximum absolute atomic E-state index is 4.64. The number of hydrogen-bond donors (Lipinski definition) is 1. The third-order valence-corrected chi connectivity index (χ3v) is 4.21. The quantitative estimate of drug-likeness (QED) is 0.886. The van der Waals surface area contributed by atoms with Crippen molar-refractivity contribution in [2.24, 2.45) is 0 Å². The summed E-state index contributed by atoms with van der Waals surface area (Å²) in [4.78, 5) is 7.24. The van der Waals surface area contributed by atoms with E-state index < -0.39 is 0 Å². The van der Waals surface area contributed by atoms with Crippen LogP contribution in [-0.4, -0.2) is 40.1 Å². The fraction of sp³-hybridized carbons (Fsp3) is 0.800. The van der Waals surface area contributed by atoms with E-state index in [-0.39, 0.29) is 0 Å². The fourth-order valence-corrected chi connectivity index (χ4v) is 2.97. The lowest BCUT2D eigenvalue weighted by molar-refractivity contribution is 0.202. The summed E-state index contributed by atoms with van der Waals surface area (Å²) in [5.41, 5.74) is 1.12. The molecule has 1 N–H and O–H groups in total. The number of rotatable bonds is 5. The largest absolute Gasteiger partial charge is 0.353 e. The number of hydrogen-bond acceptors (Lipinski definition) is 3. The molecule has 1 atom stereocenters. The van der Waals surface area contributed by atoms with Gasteiger partial charge < -0.3 is 14.8 Å². The van der Waals surface area contributed by atoms with Crippen molar-refractivity contribution in [3.63, 3.8) is 0 Å². The van der Waals surface area contributed by atoms with E-state index in [4.69, 9.17) is 0 Å². The lowest BCUT2D eigenvalue weighted by atomic mass is 10.1. The third-order valence-electron chi connectivity index (χ3n) is 4.21. The number of nitrogens with zero attached hydrogens (tertiary/aromatic N) is 3. The van der Waals surface area contributed by atoms with Crippen molar-refractivity contribution in [3.8, 4) is 0 Å². The van der Waals surface area contributed by atoms with Gasteiger partial charge in [0.2, 0.25) is 5.95 Å². The smallest absolute Gasteiger partial charge is 0.203 e. The molecule has 106 valence electrons. The standard InChI is InChI=1S/C15H26N4/c1-12-10-19(15(16-12)17-14-6-7-14)13(2)11-18-8-4-3-5-9-18/h10,13-14H,3-9,11H2,1-2H3,(H,16,17). The molecule has 2 heterocycles. The van der Waals surface area contributed by atoms with E-state index in [1.54, 1.807) is 0 Å². The highest BCUT2D eigenvalue weighted by Gasteiger charge is 2.24. The Morgan fingerprint density at radius 2 is 2.05 bits per heavy atom. The highest BCUT2D eigenvalue weighted by molar-refractivity contribution is 5.32. The summed E-state index contributed by atoms with van der Waals surface area (Å²) in [6, 6.07) is 1.17. The topological polar surface area (TPSA) is 33.1 Å². The summed E-state index contributed by atoms with van der Waals surface area (Å²) in [7, 11) is 0. The predicted octanol–water partition coefficient (Wildman–Crippen LogP) is 2.81. The van der Waals surface area contributed by atoms with Gasteiger partial charge in [-0.1, -0.05) is 6.42 Å². The molecule has 0 amide bonds. The van der Waals surface area contributed by atoms with Crippen LogP contribution in [0.1, 0.15) is 50.8 Å². The molecule has 0 aromatic carbocycles. The van der Waals surface area contributed by atoms with Gasteiger partial charge in [-0.15, -0.1) is 0 Å². The van der Waals surface area contributed by atoms with Gasteiger partial charge in [-0.05, 0) is 52.6 Å². The average Bonchev–Trinajstić information content (AvgIpc) is 3.13. The zero-order valence-corrected chi connectivity index (χ0v) is 12.2. The molecule has 1 aromatic rings. The molecule has 1 saturated heterocycles. The molecule has 1 aliphatic heterocycles. The Labute approximate surface area is 116 Å². The van der Waals surface area contributed by atoms with Gasteiger partial charge in [0.15, 0.2) is 0 Å². The first kappa shape index (κ1) is 13.0. The number of likely N-dealkylation sites (tertiary alicyclic amines) is 1. The summed E-state index contributed by atoms with van der Waals surface area (Å²) >= 11 is 0. The number of aromatic nitrogens is 2. The van der Waals surface area contributed by atoms with E-state index in [1.165, 1.54) is 45.2 Å². The lowest BCUT2D eigenvalue weighted by Crippen LogP contribution is -2.34. The van der Waals surface area contributed by atoms with Crippen molar-refractivity contribution in [1.29, 1.82) is 0 Å². The van der Waals surface area contributed by atoms with Crippen LogP contribution in [0.2, 0.25) is 0 Å². The molecule has 0 radical (unpaired) electrons. The van der Waals surface area contributed by atoms with Crippen LogP contribution in [-0.2, 0) is 0 Å². The molecular formula is C15H26N4. The van der Waals surface area contributed by atoms with Gasteiger partial charge in [0.25, 0.3) is 0 Å². The maximum atomic E-state index is 4.64. The lowest BCUT2D eigenvalue weighted by Gasteiger charge is -2.30. The zero-order valence-electron chi connectivity index (χ0n) is 12.2. The Balaban J connectivity index is 1.65. The van der Waals surface area contributed by atoms with Crippen molar-refractivity contribution in [3.05, 3.63) is 11.9 Å². The summed E-state index contributed by atoms with van der Waals surface area (Å²) in [6.45, 7) is 8.08. The monoisotopic (exact) mass is 262 g/mol. The first-order chi connectivity index (χ1) is 9.22. The van der Waals surface area contributed by atoms with Crippen molar-refractivity contribution >= 4 is 5.95 Å². The van der Waals surface area contributed by atoms with Gasteiger partial charge in [0.1, 0.15) is 0 Å². The normalized spacial score (nSPS) is 22.4. The molecule has 1 aromatic heterocycles. The molecule has 4 heteroatoms. The van der Waals surface area contributed by atoms with Crippen LogP contribution < -0.4 is 5.32 Å². The number of imidazole rings is 1. The van der Waals surface area contributed by atoms with Crippen LogP contribution >= 0.6 is 0 Å². The molecule has 1 unspecified atom stereocenters. The average molecular weight is 262 g/mol. The van der Waals surface area contributed by atoms with E-state index in [0.29, 0.717) is 12.1 Å². The Morgan fingerprint density at radius 1 is 1.32 bits per heavy atom. The molecule has 19 heavy (non-hydrogen) atoms. The first-order valence-corrected chi connectivity index (χ1v) is 7.77. The molecule has 4 nitrogen and oxygen atoms in total. The molecule has 1 aliphatic carbocycles. The van der Waals surface area contributed by atoms with E-state index in [2.05, 4.69) is 39.8 Å².